The molecule has 0 bridgehead atoms. The van der Waals surface area contributed by atoms with Gasteiger partial charge in [-0.15, -0.1) is 0 Å². The lowest BCUT2D eigenvalue weighted by molar-refractivity contribution is 0.629. The second-order valence-electron chi connectivity index (χ2n) is 5.79. The van der Waals surface area contributed by atoms with Gasteiger partial charge in [0, 0.05) is 25.1 Å². The Morgan fingerprint density at radius 2 is 1.88 bits per heavy atom. The first kappa shape index (κ1) is 12.1. The molecule has 2 N–H and O–H groups in total. The van der Waals surface area contributed by atoms with Crippen molar-refractivity contribution in [2.75, 3.05) is 17.7 Å². The molecule has 94 valence electrons. The van der Waals surface area contributed by atoms with Crippen molar-refractivity contribution in [1.82, 2.24) is 9.97 Å². The number of hydrogen-bond donors (Lipinski definition) is 2. The van der Waals surface area contributed by atoms with Gasteiger partial charge in [-0.2, -0.15) is 0 Å². The highest BCUT2D eigenvalue weighted by atomic mass is 15.1. The molecule has 1 unspecified atom stereocenters. The van der Waals surface area contributed by atoms with Gasteiger partial charge < -0.3 is 10.6 Å². The third kappa shape index (κ3) is 2.68. The second kappa shape index (κ2) is 4.17. The fraction of sp³-hybridized carbons (Fsp3) is 0.692. The first-order valence-corrected chi connectivity index (χ1v) is 6.25. The Kier molecular flexibility index (Phi) is 2.98. The molecule has 0 radical (unpaired) electrons. The van der Waals surface area contributed by atoms with Gasteiger partial charge in [-0.3, -0.25) is 0 Å². The van der Waals surface area contributed by atoms with Crippen molar-refractivity contribution in [3.63, 3.8) is 0 Å². The number of rotatable bonds is 4. The molecule has 0 amide bonds. The predicted molar refractivity (Wildman–Crippen MR) is 71.5 cm³/mol. The van der Waals surface area contributed by atoms with Gasteiger partial charge >= 0.3 is 0 Å². The quantitative estimate of drug-likeness (QED) is 0.841. The van der Waals surface area contributed by atoms with Crippen LogP contribution in [-0.2, 0) is 0 Å². The molecule has 1 aliphatic carbocycles. The Bertz CT molecular complexity index is 412. The molecule has 1 fully saturated rings. The summed E-state index contributed by atoms with van der Waals surface area (Å²) in [7, 11) is 1.89. The largest absolute Gasteiger partial charge is 0.373 e. The van der Waals surface area contributed by atoms with Crippen LogP contribution in [0.2, 0.25) is 0 Å². The summed E-state index contributed by atoms with van der Waals surface area (Å²) >= 11 is 0. The molecule has 1 saturated carbocycles. The number of hydrogen-bond acceptors (Lipinski definition) is 4. The molecule has 0 spiro atoms. The highest BCUT2D eigenvalue weighted by Crippen LogP contribution is 2.46. The van der Waals surface area contributed by atoms with E-state index in [4.69, 9.17) is 0 Å². The van der Waals surface area contributed by atoms with Crippen molar-refractivity contribution in [1.29, 1.82) is 0 Å². The molecular weight excluding hydrogens is 212 g/mol. The number of anilines is 2. The Morgan fingerprint density at radius 3 is 2.35 bits per heavy atom. The van der Waals surface area contributed by atoms with E-state index in [2.05, 4.69) is 48.3 Å². The third-order valence-corrected chi connectivity index (χ3v) is 3.35. The lowest BCUT2D eigenvalue weighted by Gasteiger charge is -2.12. The zero-order valence-electron chi connectivity index (χ0n) is 11.3. The topological polar surface area (TPSA) is 49.8 Å². The average Bonchev–Trinajstić information content (AvgIpc) is 2.85. The van der Waals surface area contributed by atoms with Gasteiger partial charge in [0.2, 0.25) is 0 Å². The lowest BCUT2D eigenvalue weighted by Crippen LogP contribution is -2.12. The minimum Gasteiger partial charge on any atom is -0.373 e. The minimum atomic E-state index is 0.344. The van der Waals surface area contributed by atoms with E-state index in [1.54, 1.807) is 0 Å². The average molecular weight is 234 g/mol. The van der Waals surface area contributed by atoms with Crippen molar-refractivity contribution < 1.29 is 0 Å². The van der Waals surface area contributed by atoms with E-state index < -0.39 is 0 Å². The van der Waals surface area contributed by atoms with Crippen molar-refractivity contribution in [2.45, 2.75) is 46.1 Å². The molecular formula is C13H22N4. The van der Waals surface area contributed by atoms with Crippen LogP contribution in [0.5, 0.6) is 0 Å². The molecule has 2 rings (SSSR count). The molecule has 1 atom stereocenters. The van der Waals surface area contributed by atoms with Gasteiger partial charge in [0.25, 0.3) is 0 Å². The van der Waals surface area contributed by atoms with Crippen LogP contribution in [0.1, 0.15) is 45.9 Å². The Morgan fingerprint density at radius 1 is 1.29 bits per heavy atom. The van der Waals surface area contributed by atoms with Gasteiger partial charge in [0.05, 0.1) is 0 Å². The van der Waals surface area contributed by atoms with Gasteiger partial charge in [-0.25, -0.2) is 9.97 Å². The first-order valence-electron chi connectivity index (χ1n) is 6.25. The monoisotopic (exact) mass is 234 g/mol. The van der Waals surface area contributed by atoms with Gasteiger partial charge in [0.1, 0.15) is 17.5 Å². The van der Waals surface area contributed by atoms with Crippen LogP contribution in [0.3, 0.4) is 0 Å². The molecule has 1 aliphatic rings. The van der Waals surface area contributed by atoms with Gasteiger partial charge in [-0.1, -0.05) is 27.7 Å². The summed E-state index contributed by atoms with van der Waals surface area (Å²) in [6.07, 6.45) is 1.21. The first-order chi connectivity index (χ1) is 7.92. The Balaban J connectivity index is 2.18. The zero-order valence-corrected chi connectivity index (χ0v) is 11.3. The summed E-state index contributed by atoms with van der Waals surface area (Å²) in [5.41, 5.74) is 0.406. The zero-order chi connectivity index (χ0) is 12.6. The van der Waals surface area contributed by atoms with E-state index in [0.29, 0.717) is 17.4 Å². The standard InChI is InChI=1S/C13H22N4/c1-8(2)12-16-10(14-5)6-11(17-12)15-9-7-13(9,3)4/h6,8-9H,7H2,1-5H3,(H2,14,15,16,17). The van der Waals surface area contributed by atoms with Crippen molar-refractivity contribution in [3.05, 3.63) is 11.9 Å². The van der Waals surface area contributed by atoms with Crippen molar-refractivity contribution >= 4 is 11.6 Å². The van der Waals surface area contributed by atoms with E-state index in [1.165, 1.54) is 6.42 Å². The number of aromatic nitrogens is 2. The van der Waals surface area contributed by atoms with Gasteiger partial charge in [0.15, 0.2) is 0 Å². The van der Waals surface area contributed by atoms with Gasteiger partial charge in [-0.05, 0) is 11.8 Å². The highest BCUT2D eigenvalue weighted by molar-refractivity contribution is 5.49. The lowest BCUT2D eigenvalue weighted by atomic mass is 10.2. The van der Waals surface area contributed by atoms with E-state index in [-0.39, 0.29) is 0 Å². The molecule has 0 saturated heterocycles. The fourth-order valence-corrected chi connectivity index (χ4v) is 1.82. The molecule has 1 aromatic heterocycles. The van der Waals surface area contributed by atoms with E-state index in [9.17, 15) is 0 Å². The van der Waals surface area contributed by atoms with Crippen LogP contribution in [0, 0.1) is 5.41 Å². The third-order valence-electron chi connectivity index (χ3n) is 3.35. The van der Waals surface area contributed by atoms with E-state index >= 15 is 0 Å². The Hall–Kier alpha value is -1.32. The van der Waals surface area contributed by atoms with Crippen LogP contribution in [0.15, 0.2) is 6.07 Å². The van der Waals surface area contributed by atoms with Crippen molar-refractivity contribution in [2.24, 2.45) is 5.41 Å². The van der Waals surface area contributed by atoms with E-state index in [0.717, 1.165) is 17.5 Å². The van der Waals surface area contributed by atoms with E-state index in [1.807, 2.05) is 13.1 Å². The molecule has 17 heavy (non-hydrogen) atoms. The molecule has 4 heteroatoms. The summed E-state index contributed by atoms with van der Waals surface area (Å²) in [6.45, 7) is 8.77. The van der Waals surface area contributed by atoms with Crippen LogP contribution in [0.4, 0.5) is 11.6 Å². The normalized spacial score (nSPS) is 21.4. The SMILES string of the molecule is CNc1cc(NC2CC2(C)C)nc(C(C)C)n1. The number of nitrogens with zero attached hydrogens (tertiary/aromatic N) is 2. The molecule has 1 aromatic rings. The number of nitrogens with one attached hydrogen (secondary N) is 2. The van der Waals surface area contributed by atoms with Crippen LogP contribution in [0.25, 0.3) is 0 Å². The summed E-state index contributed by atoms with van der Waals surface area (Å²) in [5, 5.41) is 6.57. The summed E-state index contributed by atoms with van der Waals surface area (Å²) in [5.74, 6) is 3.04. The summed E-state index contributed by atoms with van der Waals surface area (Å²) in [4.78, 5) is 9.02. The second-order valence-corrected chi connectivity index (χ2v) is 5.79. The highest BCUT2D eigenvalue weighted by Gasteiger charge is 2.45. The smallest absolute Gasteiger partial charge is 0.135 e. The van der Waals surface area contributed by atoms with Crippen LogP contribution >= 0.6 is 0 Å². The molecule has 0 aromatic carbocycles. The minimum absolute atomic E-state index is 0.344. The maximum absolute atomic E-state index is 4.56. The molecule has 0 aliphatic heterocycles. The van der Waals surface area contributed by atoms with Crippen LogP contribution in [-0.4, -0.2) is 23.1 Å². The Labute approximate surface area is 103 Å². The fourth-order valence-electron chi connectivity index (χ4n) is 1.82. The van der Waals surface area contributed by atoms with Crippen LogP contribution < -0.4 is 10.6 Å². The molecule has 1 heterocycles. The maximum Gasteiger partial charge on any atom is 0.135 e. The van der Waals surface area contributed by atoms with Crippen molar-refractivity contribution in [3.8, 4) is 0 Å². The maximum atomic E-state index is 4.56. The predicted octanol–water partition coefficient (Wildman–Crippen LogP) is 2.85. The summed E-state index contributed by atoms with van der Waals surface area (Å²) in [6, 6.07) is 2.52. The molecule has 4 nitrogen and oxygen atoms in total. The summed E-state index contributed by atoms with van der Waals surface area (Å²) < 4.78 is 0.